The van der Waals surface area contributed by atoms with E-state index in [1.165, 1.54) is 11.1 Å². The molecule has 1 atom stereocenters. The SMILES string of the molecule is Cc1ccc(OC[C@]2(O)CCCN(Cc3ccc(OCCN(C)C)cc3)CC2)cc1. The maximum absolute atomic E-state index is 11.0. The fourth-order valence-corrected chi connectivity index (χ4v) is 3.68. The minimum atomic E-state index is -0.760. The van der Waals surface area contributed by atoms with Gasteiger partial charge >= 0.3 is 0 Å². The number of aryl methyl sites for hydroxylation is 1. The number of hydrogen-bond donors (Lipinski definition) is 1. The third-order valence-electron chi connectivity index (χ3n) is 5.68. The van der Waals surface area contributed by atoms with Crippen molar-refractivity contribution in [2.45, 2.75) is 38.3 Å². The van der Waals surface area contributed by atoms with Crippen molar-refractivity contribution in [3.05, 3.63) is 59.7 Å². The fourth-order valence-electron chi connectivity index (χ4n) is 3.68. The highest BCUT2D eigenvalue weighted by atomic mass is 16.5. The van der Waals surface area contributed by atoms with Crippen molar-refractivity contribution >= 4 is 0 Å². The Morgan fingerprint density at radius 2 is 1.60 bits per heavy atom. The van der Waals surface area contributed by atoms with Gasteiger partial charge in [0.2, 0.25) is 0 Å². The first-order valence-corrected chi connectivity index (χ1v) is 10.9. The van der Waals surface area contributed by atoms with E-state index in [1.54, 1.807) is 0 Å². The summed E-state index contributed by atoms with van der Waals surface area (Å²) in [6, 6.07) is 16.4. The van der Waals surface area contributed by atoms with Gasteiger partial charge in [-0.25, -0.2) is 0 Å². The maximum Gasteiger partial charge on any atom is 0.119 e. The van der Waals surface area contributed by atoms with Crippen molar-refractivity contribution in [3.8, 4) is 11.5 Å². The van der Waals surface area contributed by atoms with Gasteiger partial charge in [0.05, 0.1) is 5.60 Å². The van der Waals surface area contributed by atoms with Crippen molar-refractivity contribution in [3.63, 3.8) is 0 Å². The third kappa shape index (κ3) is 7.31. The molecule has 1 heterocycles. The van der Waals surface area contributed by atoms with Gasteiger partial charge in [0.1, 0.15) is 24.7 Å². The average molecular weight is 413 g/mol. The van der Waals surface area contributed by atoms with Crippen molar-refractivity contribution < 1.29 is 14.6 Å². The lowest BCUT2D eigenvalue weighted by Crippen LogP contribution is -2.37. The Labute approximate surface area is 181 Å². The molecule has 1 aliphatic rings. The zero-order valence-corrected chi connectivity index (χ0v) is 18.6. The van der Waals surface area contributed by atoms with Crippen LogP contribution in [-0.2, 0) is 6.54 Å². The fraction of sp³-hybridized carbons (Fsp3) is 0.520. The molecule has 5 heteroatoms. The second kappa shape index (κ2) is 10.8. The highest BCUT2D eigenvalue weighted by Gasteiger charge is 2.31. The van der Waals surface area contributed by atoms with E-state index in [1.807, 2.05) is 38.4 Å². The molecule has 0 spiro atoms. The number of likely N-dealkylation sites (tertiary alicyclic amines) is 1. The highest BCUT2D eigenvalue weighted by molar-refractivity contribution is 5.27. The summed E-state index contributed by atoms with van der Waals surface area (Å²) in [5.74, 6) is 1.74. The molecular weight excluding hydrogens is 376 g/mol. The minimum absolute atomic E-state index is 0.350. The molecule has 1 aliphatic heterocycles. The lowest BCUT2D eigenvalue weighted by atomic mass is 9.96. The molecule has 5 nitrogen and oxygen atoms in total. The topological polar surface area (TPSA) is 45.2 Å². The molecule has 0 saturated carbocycles. The number of benzene rings is 2. The Hall–Kier alpha value is -2.08. The third-order valence-corrected chi connectivity index (χ3v) is 5.68. The Bertz CT molecular complexity index is 761. The largest absolute Gasteiger partial charge is 0.492 e. The predicted molar refractivity (Wildman–Crippen MR) is 121 cm³/mol. The maximum atomic E-state index is 11.0. The van der Waals surface area contributed by atoms with Crippen molar-refractivity contribution in [2.24, 2.45) is 0 Å². The van der Waals surface area contributed by atoms with Crippen LogP contribution in [0.5, 0.6) is 11.5 Å². The number of aliphatic hydroxyl groups is 1. The zero-order chi connectivity index (χ0) is 21.4. The molecule has 0 amide bonds. The molecule has 0 radical (unpaired) electrons. The molecule has 1 N–H and O–H groups in total. The highest BCUT2D eigenvalue weighted by Crippen LogP contribution is 2.25. The summed E-state index contributed by atoms with van der Waals surface area (Å²) >= 11 is 0. The average Bonchev–Trinajstić information content (AvgIpc) is 2.91. The first kappa shape index (κ1) is 22.6. The van der Waals surface area contributed by atoms with E-state index in [9.17, 15) is 5.11 Å². The van der Waals surface area contributed by atoms with Crippen LogP contribution in [-0.4, -0.2) is 67.5 Å². The van der Waals surface area contributed by atoms with Gasteiger partial charge in [0.15, 0.2) is 0 Å². The van der Waals surface area contributed by atoms with Gasteiger partial charge in [0, 0.05) is 19.6 Å². The summed E-state index contributed by atoms with van der Waals surface area (Å²) in [7, 11) is 4.09. The van der Waals surface area contributed by atoms with Crippen LogP contribution in [0.1, 0.15) is 30.4 Å². The van der Waals surface area contributed by atoms with Crippen molar-refractivity contribution in [1.82, 2.24) is 9.80 Å². The van der Waals surface area contributed by atoms with Crippen LogP contribution in [0, 0.1) is 6.92 Å². The second-order valence-corrected chi connectivity index (χ2v) is 8.75. The van der Waals surface area contributed by atoms with Crippen LogP contribution in [0.2, 0.25) is 0 Å². The number of likely N-dealkylation sites (N-methyl/N-ethyl adjacent to an activating group) is 1. The van der Waals surface area contributed by atoms with Crippen LogP contribution in [0.4, 0.5) is 0 Å². The van der Waals surface area contributed by atoms with Crippen LogP contribution < -0.4 is 9.47 Å². The van der Waals surface area contributed by atoms with E-state index < -0.39 is 5.60 Å². The summed E-state index contributed by atoms with van der Waals surface area (Å²) in [5.41, 5.74) is 1.72. The van der Waals surface area contributed by atoms with Crippen LogP contribution in [0.3, 0.4) is 0 Å². The molecular formula is C25H36N2O3. The summed E-state index contributed by atoms with van der Waals surface area (Å²) in [5, 5.41) is 11.0. The minimum Gasteiger partial charge on any atom is -0.492 e. The molecule has 0 aliphatic carbocycles. The molecule has 3 rings (SSSR count). The molecule has 1 fully saturated rings. The van der Waals surface area contributed by atoms with E-state index >= 15 is 0 Å². The Morgan fingerprint density at radius 1 is 0.933 bits per heavy atom. The monoisotopic (exact) mass is 412 g/mol. The van der Waals surface area contributed by atoms with Gasteiger partial charge in [0.25, 0.3) is 0 Å². The summed E-state index contributed by atoms with van der Waals surface area (Å²) in [4.78, 5) is 4.53. The second-order valence-electron chi connectivity index (χ2n) is 8.75. The van der Waals surface area contributed by atoms with E-state index in [0.29, 0.717) is 13.2 Å². The van der Waals surface area contributed by atoms with E-state index in [2.05, 4.69) is 41.0 Å². The molecule has 0 aromatic heterocycles. The quantitative estimate of drug-likeness (QED) is 0.680. The van der Waals surface area contributed by atoms with Crippen LogP contribution in [0.25, 0.3) is 0 Å². The number of rotatable bonds is 9. The predicted octanol–water partition coefficient (Wildman–Crippen LogP) is 3.73. The van der Waals surface area contributed by atoms with Gasteiger partial charge in [-0.05, 0) is 76.7 Å². The van der Waals surface area contributed by atoms with Gasteiger partial charge in [-0.2, -0.15) is 0 Å². The van der Waals surface area contributed by atoms with Crippen molar-refractivity contribution in [2.75, 3.05) is 46.9 Å². The van der Waals surface area contributed by atoms with Crippen molar-refractivity contribution in [1.29, 1.82) is 0 Å². The molecule has 1 saturated heterocycles. The first-order chi connectivity index (χ1) is 14.4. The van der Waals surface area contributed by atoms with Gasteiger partial charge in [-0.3, -0.25) is 4.90 Å². The van der Waals surface area contributed by atoms with E-state index in [-0.39, 0.29) is 0 Å². The first-order valence-electron chi connectivity index (χ1n) is 10.9. The standard InChI is InChI=1S/C25H36N2O3/c1-21-5-9-24(10-6-21)30-20-25(28)13-4-15-27(16-14-25)19-22-7-11-23(12-8-22)29-18-17-26(2)3/h5-12,28H,4,13-20H2,1-3H3/t25-/m0/s1. The number of hydrogen-bond acceptors (Lipinski definition) is 5. The molecule has 0 unspecified atom stereocenters. The molecule has 2 aromatic carbocycles. The van der Waals surface area contributed by atoms with Gasteiger partial charge in [-0.15, -0.1) is 0 Å². The number of nitrogens with zero attached hydrogens (tertiary/aromatic N) is 2. The molecule has 164 valence electrons. The molecule has 2 aromatic rings. The zero-order valence-electron chi connectivity index (χ0n) is 18.6. The summed E-state index contributed by atoms with van der Waals surface area (Å²) < 4.78 is 11.7. The van der Waals surface area contributed by atoms with E-state index in [0.717, 1.165) is 56.9 Å². The lowest BCUT2D eigenvalue weighted by Gasteiger charge is -2.27. The smallest absolute Gasteiger partial charge is 0.119 e. The van der Waals surface area contributed by atoms with Gasteiger partial charge < -0.3 is 19.5 Å². The van der Waals surface area contributed by atoms with Crippen LogP contribution >= 0.6 is 0 Å². The lowest BCUT2D eigenvalue weighted by molar-refractivity contribution is -0.0168. The summed E-state index contributed by atoms with van der Waals surface area (Å²) in [6.07, 6.45) is 2.47. The van der Waals surface area contributed by atoms with Crippen LogP contribution in [0.15, 0.2) is 48.5 Å². The Morgan fingerprint density at radius 3 is 2.30 bits per heavy atom. The number of ether oxygens (including phenoxy) is 2. The van der Waals surface area contributed by atoms with E-state index in [4.69, 9.17) is 9.47 Å². The summed E-state index contributed by atoms with van der Waals surface area (Å²) in [6.45, 7) is 6.77. The molecule has 0 bridgehead atoms. The Kier molecular flexibility index (Phi) is 8.14. The molecule has 30 heavy (non-hydrogen) atoms. The Balaban J connectivity index is 1.45. The van der Waals surface area contributed by atoms with Gasteiger partial charge in [-0.1, -0.05) is 29.8 Å². The normalized spacial score (nSPS) is 20.2.